The number of hydrogen-bond donors (Lipinski definition) is 2. The molecule has 8 rings (SSSR count). The highest BCUT2D eigenvalue weighted by atomic mass is 32.2. The summed E-state index contributed by atoms with van der Waals surface area (Å²) in [6.07, 6.45) is 3.88. The molecule has 16 heteroatoms. The lowest BCUT2D eigenvalue weighted by molar-refractivity contribution is -0.384. The van der Waals surface area contributed by atoms with Crippen molar-refractivity contribution < 1.29 is 18.1 Å². The van der Waals surface area contributed by atoms with Crippen molar-refractivity contribution in [3.63, 3.8) is 0 Å². The van der Waals surface area contributed by atoms with Crippen molar-refractivity contribution in [1.29, 1.82) is 0 Å². The number of nitrogens with zero attached hydrogens (tertiary/aromatic N) is 7. The van der Waals surface area contributed by atoms with Gasteiger partial charge in [-0.2, -0.15) is 0 Å². The predicted molar refractivity (Wildman–Crippen MR) is 239 cm³/mol. The van der Waals surface area contributed by atoms with Crippen molar-refractivity contribution in [2.45, 2.75) is 35.7 Å². The zero-order chi connectivity index (χ0) is 41.5. The molecule has 2 aromatic heterocycles. The van der Waals surface area contributed by atoms with E-state index < -0.39 is 14.9 Å². The predicted octanol–water partition coefficient (Wildman–Crippen LogP) is 7.54. The number of thioether (sulfide) groups is 1. The van der Waals surface area contributed by atoms with E-state index in [1.165, 1.54) is 29.7 Å². The molecular weight excluding hydrogens is 799 g/mol. The lowest BCUT2D eigenvalue weighted by Crippen LogP contribution is -2.46. The third-order valence-electron chi connectivity index (χ3n) is 10.8. The maximum absolute atomic E-state index is 13.7. The van der Waals surface area contributed by atoms with Gasteiger partial charge in [0.25, 0.3) is 15.7 Å². The molecular formula is C44H47N9O5S2. The van der Waals surface area contributed by atoms with Crippen LogP contribution in [0, 0.1) is 10.1 Å². The number of sulfonamides is 1. The van der Waals surface area contributed by atoms with Crippen LogP contribution >= 0.6 is 11.8 Å². The summed E-state index contributed by atoms with van der Waals surface area (Å²) in [4.78, 5) is 32.9. The number of piperazine rings is 1. The number of morpholine rings is 1. The Morgan fingerprint density at radius 1 is 0.833 bits per heavy atom. The molecule has 310 valence electrons. The molecule has 1 atom stereocenters. The quantitative estimate of drug-likeness (QED) is 0.0594. The van der Waals surface area contributed by atoms with Crippen molar-refractivity contribution in [1.82, 2.24) is 19.9 Å². The Bertz CT molecular complexity index is 2530. The minimum Gasteiger partial charge on any atom is -0.378 e. The molecule has 6 aromatic rings. The molecule has 0 amide bonds. The smallest absolute Gasteiger partial charge is 0.293 e. The number of pyridine rings is 1. The minimum absolute atomic E-state index is 0.0915. The second kappa shape index (κ2) is 18.6. The molecule has 0 radical (unpaired) electrons. The van der Waals surface area contributed by atoms with Crippen LogP contribution in [-0.2, 0) is 21.3 Å². The first kappa shape index (κ1) is 40.9. The third kappa shape index (κ3) is 9.79. The van der Waals surface area contributed by atoms with E-state index in [0.717, 1.165) is 99.1 Å². The second-order valence-corrected chi connectivity index (χ2v) is 17.7. The summed E-state index contributed by atoms with van der Waals surface area (Å²) in [5, 5.41) is 15.9. The molecule has 0 aliphatic carbocycles. The van der Waals surface area contributed by atoms with Crippen LogP contribution < -0.4 is 19.8 Å². The van der Waals surface area contributed by atoms with Crippen LogP contribution in [0.1, 0.15) is 18.9 Å². The minimum atomic E-state index is -4.25. The van der Waals surface area contributed by atoms with Crippen molar-refractivity contribution in [2.24, 2.45) is 0 Å². The van der Waals surface area contributed by atoms with Gasteiger partial charge in [-0.05, 0) is 85.3 Å². The number of hydrogen-bond acceptors (Lipinski definition) is 13. The zero-order valence-corrected chi connectivity index (χ0v) is 34.9. The standard InChI is InChI=1S/C44H47N9O5S2/c1-32(17-27-59-37-12-9-35(10-13-37)52-23-25-58-26-24-52)48-40-16-14-38(29-42(40)53(54)55)60(56,57)49-44-39-15-11-36(28-41(39)46-31-47-44)51-21-19-50(20-22-51)30-34-8-5-18-45-43(34)33-6-3-2-4-7-33/h2-16,18,28-29,31-32,48H,17,19-27,30H2,1H3,(H,46,47,49)/t32-/m1/s1. The maximum Gasteiger partial charge on any atom is 0.293 e. The second-order valence-electron chi connectivity index (χ2n) is 14.9. The summed E-state index contributed by atoms with van der Waals surface area (Å²) < 4.78 is 35.4. The van der Waals surface area contributed by atoms with Crippen LogP contribution in [0.15, 0.2) is 125 Å². The highest BCUT2D eigenvalue weighted by Crippen LogP contribution is 2.32. The highest BCUT2D eigenvalue weighted by Gasteiger charge is 2.25. The van der Waals surface area contributed by atoms with Gasteiger partial charge >= 0.3 is 0 Å². The lowest BCUT2D eigenvalue weighted by Gasteiger charge is -2.36. The Kier molecular flexibility index (Phi) is 12.7. The molecule has 2 saturated heterocycles. The Morgan fingerprint density at radius 2 is 1.58 bits per heavy atom. The molecule has 2 fully saturated rings. The molecule has 2 N–H and O–H groups in total. The summed E-state index contributed by atoms with van der Waals surface area (Å²) in [6.45, 7) is 9.34. The van der Waals surface area contributed by atoms with Gasteiger partial charge in [0.15, 0.2) is 5.82 Å². The number of nitrogens with one attached hydrogen (secondary N) is 2. The molecule has 14 nitrogen and oxygen atoms in total. The largest absolute Gasteiger partial charge is 0.378 e. The number of aromatic nitrogens is 3. The Hall–Kier alpha value is -5.81. The van der Waals surface area contributed by atoms with Crippen LogP contribution in [0.25, 0.3) is 22.2 Å². The van der Waals surface area contributed by atoms with E-state index in [1.807, 2.05) is 55.6 Å². The summed E-state index contributed by atoms with van der Waals surface area (Å²) in [6, 6.07) is 32.3. The molecule has 0 saturated carbocycles. The lowest BCUT2D eigenvalue weighted by atomic mass is 10.1. The summed E-state index contributed by atoms with van der Waals surface area (Å²) in [5.41, 5.74) is 5.95. The molecule has 0 unspecified atom stereocenters. The molecule has 60 heavy (non-hydrogen) atoms. The van der Waals surface area contributed by atoms with E-state index in [2.05, 4.69) is 82.2 Å². The average molecular weight is 846 g/mol. The fourth-order valence-electron chi connectivity index (χ4n) is 7.55. The highest BCUT2D eigenvalue weighted by molar-refractivity contribution is 7.99. The van der Waals surface area contributed by atoms with Gasteiger partial charge in [0, 0.05) is 91.3 Å². The van der Waals surface area contributed by atoms with Crippen molar-refractivity contribution >= 4 is 61.3 Å². The average Bonchev–Trinajstić information content (AvgIpc) is 3.27. The van der Waals surface area contributed by atoms with E-state index in [1.54, 1.807) is 11.8 Å². The van der Waals surface area contributed by atoms with E-state index in [0.29, 0.717) is 10.9 Å². The van der Waals surface area contributed by atoms with Crippen LogP contribution in [0.5, 0.6) is 0 Å². The Morgan fingerprint density at radius 3 is 2.35 bits per heavy atom. The number of fused-ring (bicyclic) bond motifs is 1. The number of nitro groups is 1. The summed E-state index contributed by atoms with van der Waals surface area (Å²) in [5.74, 6) is 0.886. The normalized spacial score (nSPS) is 15.5. The Labute approximate surface area is 354 Å². The van der Waals surface area contributed by atoms with Crippen molar-refractivity contribution in [3.05, 3.63) is 131 Å². The topological polar surface area (TPSA) is 159 Å². The van der Waals surface area contributed by atoms with E-state index >= 15 is 0 Å². The van der Waals surface area contributed by atoms with Crippen LogP contribution in [0.3, 0.4) is 0 Å². The van der Waals surface area contributed by atoms with Crippen LogP contribution in [0.2, 0.25) is 0 Å². The van der Waals surface area contributed by atoms with Crippen molar-refractivity contribution in [2.75, 3.05) is 78.1 Å². The molecule has 2 aliphatic rings. The molecule has 4 aromatic carbocycles. The summed E-state index contributed by atoms with van der Waals surface area (Å²) in [7, 11) is -4.25. The van der Waals surface area contributed by atoms with Crippen molar-refractivity contribution in [3.8, 4) is 11.3 Å². The molecule has 2 aliphatic heterocycles. The molecule has 4 heterocycles. The van der Waals surface area contributed by atoms with Gasteiger partial charge in [0.05, 0.1) is 34.2 Å². The van der Waals surface area contributed by atoms with Gasteiger partial charge in [0.1, 0.15) is 12.0 Å². The van der Waals surface area contributed by atoms with Gasteiger partial charge in [-0.25, -0.2) is 18.4 Å². The fourth-order valence-corrected chi connectivity index (χ4v) is 9.64. The van der Waals surface area contributed by atoms with Gasteiger partial charge in [-0.15, -0.1) is 11.8 Å². The van der Waals surface area contributed by atoms with Gasteiger partial charge < -0.3 is 19.9 Å². The Balaban J connectivity index is 0.874. The first-order chi connectivity index (χ1) is 29.2. The third-order valence-corrected chi connectivity index (χ3v) is 13.2. The number of anilines is 4. The van der Waals surface area contributed by atoms with E-state index in [-0.39, 0.29) is 28.1 Å². The number of ether oxygens (including phenoxy) is 1. The zero-order valence-electron chi connectivity index (χ0n) is 33.3. The van der Waals surface area contributed by atoms with Crippen LogP contribution in [0.4, 0.5) is 28.6 Å². The molecule has 0 spiro atoms. The van der Waals surface area contributed by atoms with Gasteiger partial charge in [-0.1, -0.05) is 36.4 Å². The number of benzene rings is 4. The first-order valence-electron chi connectivity index (χ1n) is 20.0. The first-order valence-corrected chi connectivity index (χ1v) is 22.5. The molecule has 0 bridgehead atoms. The summed E-state index contributed by atoms with van der Waals surface area (Å²) >= 11 is 1.72. The van der Waals surface area contributed by atoms with Gasteiger partial charge in [0.2, 0.25) is 0 Å². The fraction of sp³-hybridized carbons (Fsp3) is 0.295. The van der Waals surface area contributed by atoms with E-state index in [9.17, 15) is 18.5 Å². The number of rotatable bonds is 15. The van der Waals surface area contributed by atoms with Gasteiger partial charge in [-0.3, -0.25) is 24.7 Å². The SMILES string of the molecule is C[C@H](CCSc1ccc(N2CCOCC2)cc1)Nc1ccc(S(=O)(=O)Nc2ncnc3cc(N4CCN(Cc5cccnc5-c5ccccc5)CC4)ccc23)cc1[N+](=O)[O-]. The number of nitro benzene ring substituents is 1. The van der Waals surface area contributed by atoms with E-state index in [4.69, 9.17) is 4.74 Å². The monoisotopic (exact) mass is 845 g/mol. The maximum atomic E-state index is 13.7. The van der Waals surface area contributed by atoms with Crippen LogP contribution in [-0.4, -0.2) is 97.5 Å².